The van der Waals surface area contributed by atoms with Gasteiger partial charge in [-0.3, -0.25) is 4.98 Å². The Kier molecular flexibility index (Phi) is 3.82. The summed E-state index contributed by atoms with van der Waals surface area (Å²) in [5, 5.41) is 6.76. The fraction of sp³-hybridized carbons (Fsp3) is 0.286. The number of rotatable bonds is 4. The van der Waals surface area contributed by atoms with Gasteiger partial charge < -0.3 is 0 Å². The molecule has 7 nitrogen and oxygen atoms in total. The average Bonchev–Trinajstić information content (AvgIpc) is 2.25. The molecule has 0 aliphatic carbocycles. The summed E-state index contributed by atoms with van der Waals surface area (Å²) in [4.78, 5) is 9.28. The molecule has 1 aromatic heterocycles. The molecule has 1 heterocycles. The Bertz CT molecular complexity index is 344. The quantitative estimate of drug-likeness (QED) is 0.404. The van der Waals surface area contributed by atoms with Crippen molar-refractivity contribution in [3.63, 3.8) is 0 Å². The molecule has 70 valence electrons. The van der Waals surface area contributed by atoms with E-state index < -0.39 is 0 Å². The maximum absolute atomic E-state index is 8.08. The van der Waals surface area contributed by atoms with Crippen LogP contribution in [-0.2, 0) is 13.1 Å². The van der Waals surface area contributed by atoms with Crippen molar-refractivity contribution in [3.8, 4) is 0 Å². The van der Waals surface area contributed by atoms with E-state index in [1.807, 2.05) is 0 Å². The Hall–Kier alpha value is -2.23. The highest BCUT2D eigenvalue weighted by Gasteiger charge is 1.93. The average molecular weight is 189 g/mol. The molecule has 0 spiro atoms. The largest absolute Gasteiger partial charge is 0.261 e. The van der Waals surface area contributed by atoms with Gasteiger partial charge in [-0.05, 0) is 22.7 Å². The predicted molar refractivity (Wildman–Crippen MR) is 49.9 cm³/mol. The smallest absolute Gasteiger partial charge is 0.0684 e. The van der Waals surface area contributed by atoms with Crippen LogP contribution in [0, 0.1) is 0 Å². The predicted octanol–water partition coefficient (Wildman–Crippen LogP) is 2.70. The van der Waals surface area contributed by atoms with E-state index in [-0.39, 0.29) is 13.1 Å². The second kappa shape index (κ2) is 5.42. The summed E-state index contributed by atoms with van der Waals surface area (Å²) in [6.07, 6.45) is 1.59. The molecule has 7 heteroatoms. The monoisotopic (exact) mass is 189 g/mol. The van der Waals surface area contributed by atoms with E-state index in [2.05, 4.69) is 25.0 Å². The highest BCUT2D eigenvalue weighted by atomic mass is 15.1. The molecule has 0 amide bonds. The van der Waals surface area contributed by atoms with Gasteiger partial charge in [0, 0.05) is 21.7 Å². The lowest BCUT2D eigenvalue weighted by molar-refractivity contribution is 0.950. The van der Waals surface area contributed by atoms with Crippen molar-refractivity contribution in [2.45, 2.75) is 13.1 Å². The topological polar surface area (TPSA) is 110 Å². The summed E-state index contributed by atoms with van der Waals surface area (Å²) in [5.41, 5.74) is 17.7. The molecular formula is C7H7N7. The third kappa shape index (κ3) is 3.02. The van der Waals surface area contributed by atoms with E-state index >= 15 is 0 Å². The zero-order valence-corrected chi connectivity index (χ0v) is 7.28. The first-order chi connectivity index (χ1) is 6.86. The summed E-state index contributed by atoms with van der Waals surface area (Å²) < 4.78 is 0. The number of hydrogen-bond donors (Lipinski definition) is 0. The minimum atomic E-state index is 0.234. The van der Waals surface area contributed by atoms with Gasteiger partial charge in [0.15, 0.2) is 0 Å². The molecular weight excluding hydrogens is 182 g/mol. The third-order valence-electron chi connectivity index (χ3n) is 1.50. The van der Waals surface area contributed by atoms with Crippen molar-refractivity contribution in [1.82, 2.24) is 4.98 Å². The van der Waals surface area contributed by atoms with Crippen LogP contribution in [0.5, 0.6) is 0 Å². The Labute approximate surface area is 79.6 Å². The SMILES string of the molecule is [N-]=[N+]=NCc1ccc(CN=[N+]=[N-])nc1. The van der Waals surface area contributed by atoms with Crippen molar-refractivity contribution >= 4 is 0 Å². The molecule has 0 saturated heterocycles. The van der Waals surface area contributed by atoms with E-state index in [0.717, 1.165) is 5.56 Å². The van der Waals surface area contributed by atoms with Crippen LogP contribution in [0.4, 0.5) is 0 Å². The highest BCUT2D eigenvalue weighted by Crippen LogP contribution is 2.03. The number of aromatic nitrogens is 1. The molecule has 1 rings (SSSR count). The second-order valence-electron chi connectivity index (χ2n) is 2.44. The van der Waals surface area contributed by atoms with Crippen molar-refractivity contribution < 1.29 is 0 Å². The summed E-state index contributed by atoms with van der Waals surface area (Å²) in [6.45, 7) is 0.517. The van der Waals surface area contributed by atoms with Crippen molar-refractivity contribution in [3.05, 3.63) is 50.5 Å². The number of nitrogens with zero attached hydrogens (tertiary/aromatic N) is 7. The molecule has 0 atom stereocenters. The van der Waals surface area contributed by atoms with Gasteiger partial charge >= 0.3 is 0 Å². The highest BCUT2D eigenvalue weighted by molar-refractivity contribution is 5.13. The van der Waals surface area contributed by atoms with Gasteiger partial charge in [0.2, 0.25) is 0 Å². The standard InChI is InChI=1S/C7H7N7/c8-13-11-4-6-1-2-7(10-3-6)5-12-14-9/h1-3H,4-5H2. The van der Waals surface area contributed by atoms with Crippen LogP contribution in [0.1, 0.15) is 11.3 Å². The summed E-state index contributed by atoms with van der Waals surface area (Å²) in [6, 6.07) is 3.51. The molecule has 1 aromatic rings. The third-order valence-corrected chi connectivity index (χ3v) is 1.50. The molecule has 0 aromatic carbocycles. The maximum Gasteiger partial charge on any atom is 0.0684 e. The Balaban J connectivity index is 2.67. The van der Waals surface area contributed by atoms with E-state index in [0.29, 0.717) is 5.69 Å². The van der Waals surface area contributed by atoms with Crippen LogP contribution < -0.4 is 0 Å². The zero-order chi connectivity index (χ0) is 10.2. The second-order valence-corrected chi connectivity index (χ2v) is 2.44. The summed E-state index contributed by atoms with van der Waals surface area (Å²) in [5.74, 6) is 0. The van der Waals surface area contributed by atoms with E-state index in [9.17, 15) is 0 Å². The lowest BCUT2D eigenvalue weighted by Gasteiger charge is -1.96. The maximum atomic E-state index is 8.08. The van der Waals surface area contributed by atoms with Crippen LogP contribution in [0.25, 0.3) is 20.9 Å². The van der Waals surface area contributed by atoms with Gasteiger partial charge in [-0.2, -0.15) is 0 Å². The number of hydrogen-bond acceptors (Lipinski definition) is 3. The van der Waals surface area contributed by atoms with Crippen LogP contribution >= 0.6 is 0 Å². The van der Waals surface area contributed by atoms with Crippen LogP contribution in [-0.4, -0.2) is 4.98 Å². The van der Waals surface area contributed by atoms with Crippen molar-refractivity contribution in [2.75, 3.05) is 0 Å². The first-order valence-corrected chi connectivity index (χ1v) is 3.82. The Morgan fingerprint density at radius 3 is 2.43 bits per heavy atom. The van der Waals surface area contributed by atoms with E-state index in [4.69, 9.17) is 11.1 Å². The van der Waals surface area contributed by atoms with Gasteiger partial charge in [-0.25, -0.2) is 0 Å². The van der Waals surface area contributed by atoms with Gasteiger partial charge in [-0.15, -0.1) is 0 Å². The lowest BCUT2D eigenvalue weighted by Crippen LogP contribution is -1.88. The minimum Gasteiger partial charge on any atom is -0.261 e. The molecule has 0 bridgehead atoms. The van der Waals surface area contributed by atoms with Gasteiger partial charge in [-0.1, -0.05) is 16.3 Å². The molecule has 14 heavy (non-hydrogen) atoms. The Morgan fingerprint density at radius 1 is 1.14 bits per heavy atom. The molecule has 0 aliphatic rings. The van der Waals surface area contributed by atoms with Crippen molar-refractivity contribution in [1.29, 1.82) is 0 Å². The molecule has 0 aliphatic heterocycles. The first-order valence-electron chi connectivity index (χ1n) is 3.82. The van der Waals surface area contributed by atoms with Gasteiger partial charge in [0.25, 0.3) is 0 Å². The van der Waals surface area contributed by atoms with E-state index in [1.54, 1.807) is 18.3 Å². The van der Waals surface area contributed by atoms with Crippen molar-refractivity contribution in [2.24, 2.45) is 10.2 Å². The first kappa shape index (κ1) is 9.85. The molecule has 0 saturated carbocycles. The zero-order valence-electron chi connectivity index (χ0n) is 7.28. The van der Waals surface area contributed by atoms with Crippen LogP contribution in [0.3, 0.4) is 0 Å². The Morgan fingerprint density at radius 2 is 1.86 bits per heavy atom. The van der Waals surface area contributed by atoms with Gasteiger partial charge in [0.1, 0.15) is 0 Å². The molecule has 0 fully saturated rings. The number of azide groups is 2. The van der Waals surface area contributed by atoms with Crippen LogP contribution in [0.2, 0.25) is 0 Å². The van der Waals surface area contributed by atoms with E-state index in [1.165, 1.54) is 0 Å². The molecule has 0 N–H and O–H groups in total. The fourth-order valence-electron chi connectivity index (χ4n) is 0.860. The summed E-state index contributed by atoms with van der Waals surface area (Å²) >= 11 is 0. The van der Waals surface area contributed by atoms with Gasteiger partial charge in [0.05, 0.1) is 13.1 Å². The number of pyridine rings is 1. The normalized spacial score (nSPS) is 8.57. The fourth-order valence-corrected chi connectivity index (χ4v) is 0.860. The lowest BCUT2D eigenvalue weighted by atomic mass is 10.2. The van der Waals surface area contributed by atoms with Crippen LogP contribution in [0.15, 0.2) is 28.6 Å². The molecule has 0 unspecified atom stereocenters. The molecule has 0 radical (unpaired) electrons. The summed E-state index contributed by atoms with van der Waals surface area (Å²) in [7, 11) is 0. The minimum absolute atomic E-state index is 0.234.